The number of methoxy groups -OCH3 is 1. The number of ether oxygens (including phenoxy) is 1. The van der Waals surface area contributed by atoms with Crippen LogP contribution in [-0.4, -0.2) is 23.9 Å². The molecule has 1 aromatic carbocycles. The highest BCUT2D eigenvalue weighted by Gasteiger charge is 2.22. The molecule has 0 amide bonds. The lowest BCUT2D eigenvalue weighted by atomic mass is 9.92. The first-order valence-electron chi connectivity index (χ1n) is 7.23. The summed E-state index contributed by atoms with van der Waals surface area (Å²) in [7, 11) is 5.70. The standard InChI is InChI=1S/C17H25N3O/c1-10-9-15(21-7)11(2)8-14(10)17(18-5)16-12(3)19-20(6)13(16)4/h8-9,17-18H,1-7H3. The molecular weight excluding hydrogens is 262 g/mol. The Balaban J connectivity index is 2.59. The first-order valence-corrected chi connectivity index (χ1v) is 7.23. The van der Waals surface area contributed by atoms with E-state index in [0.717, 1.165) is 17.0 Å². The van der Waals surface area contributed by atoms with Crippen molar-refractivity contribution in [2.75, 3.05) is 14.2 Å². The molecule has 0 spiro atoms. The topological polar surface area (TPSA) is 39.1 Å². The van der Waals surface area contributed by atoms with Crippen LogP contribution in [0.2, 0.25) is 0 Å². The van der Waals surface area contributed by atoms with Crippen LogP contribution in [0.3, 0.4) is 0 Å². The van der Waals surface area contributed by atoms with Crippen molar-refractivity contribution in [1.82, 2.24) is 15.1 Å². The zero-order valence-electron chi connectivity index (χ0n) is 14.0. The Bertz CT molecular complexity index is 659. The maximum absolute atomic E-state index is 5.41. The van der Waals surface area contributed by atoms with Crippen molar-refractivity contribution >= 4 is 0 Å². The molecule has 0 aliphatic carbocycles. The van der Waals surface area contributed by atoms with Crippen LogP contribution in [0.15, 0.2) is 12.1 Å². The van der Waals surface area contributed by atoms with E-state index in [2.05, 4.69) is 50.2 Å². The Morgan fingerprint density at radius 1 is 1.14 bits per heavy atom. The fourth-order valence-electron chi connectivity index (χ4n) is 3.01. The zero-order chi connectivity index (χ0) is 15.7. The molecule has 2 rings (SSSR count). The maximum Gasteiger partial charge on any atom is 0.122 e. The number of nitrogens with one attached hydrogen (secondary N) is 1. The molecule has 0 saturated heterocycles. The second-order valence-corrected chi connectivity index (χ2v) is 5.61. The minimum absolute atomic E-state index is 0.142. The molecule has 1 aromatic heterocycles. The number of rotatable bonds is 4. The normalized spacial score (nSPS) is 12.5. The van der Waals surface area contributed by atoms with Crippen LogP contribution < -0.4 is 10.1 Å². The summed E-state index contributed by atoms with van der Waals surface area (Å²) >= 11 is 0. The lowest BCUT2D eigenvalue weighted by molar-refractivity contribution is 0.411. The van der Waals surface area contributed by atoms with Gasteiger partial charge in [0, 0.05) is 18.3 Å². The van der Waals surface area contributed by atoms with E-state index in [-0.39, 0.29) is 6.04 Å². The third-order valence-electron chi connectivity index (χ3n) is 4.24. The van der Waals surface area contributed by atoms with Gasteiger partial charge in [-0.2, -0.15) is 5.10 Å². The quantitative estimate of drug-likeness (QED) is 0.939. The van der Waals surface area contributed by atoms with Gasteiger partial charge in [-0.3, -0.25) is 4.68 Å². The Hall–Kier alpha value is -1.81. The number of benzene rings is 1. The minimum atomic E-state index is 0.142. The van der Waals surface area contributed by atoms with Gasteiger partial charge in [0.1, 0.15) is 5.75 Å². The lowest BCUT2D eigenvalue weighted by Crippen LogP contribution is -2.20. The molecule has 1 atom stereocenters. The Morgan fingerprint density at radius 2 is 1.81 bits per heavy atom. The molecular formula is C17H25N3O. The predicted octanol–water partition coefficient (Wildman–Crippen LogP) is 2.97. The van der Waals surface area contributed by atoms with Crippen molar-refractivity contribution in [3.8, 4) is 5.75 Å². The monoisotopic (exact) mass is 287 g/mol. The van der Waals surface area contributed by atoms with Gasteiger partial charge in [0.25, 0.3) is 0 Å². The van der Waals surface area contributed by atoms with E-state index in [9.17, 15) is 0 Å². The predicted molar refractivity (Wildman–Crippen MR) is 86.1 cm³/mol. The van der Waals surface area contributed by atoms with Crippen molar-refractivity contribution in [2.45, 2.75) is 33.7 Å². The molecule has 1 unspecified atom stereocenters. The van der Waals surface area contributed by atoms with Crippen LogP contribution in [-0.2, 0) is 7.05 Å². The zero-order valence-corrected chi connectivity index (χ0v) is 14.0. The summed E-state index contributed by atoms with van der Waals surface area (Å²) in [5, 5.41) is 7.98. The first-order chi connectivity index (χ1) is 9.90. The van der Waals surface area contributed by atoms with Gasteiger partial charge in [0.2, 0.25) is 0 Å². The minimum Gasteiger partial charge on any atom is -0.496 e. The second-order valence-electron chi connectivity index (χ2n) is 5.61. The molecule has 0 fully saturated rings. The smallest absolute Gasteiger partial charge is 0.122 e. The summed E-state index contributed by atoms with van der Waals surface area (Å²) in [6.07, 6.45) is 0. The molecule has 0 bridgehead atoms. The Morgan fingerprint density at radius 3 is 2.29 bits per heavy atom. The number of nitrogens with zero attached hydrogens (tertiary/aromatic N) is 2. The largest absolute Gasteiger partial charge is 0.496 e. The highest BCUT2D eigenvalue weighted by atomic mass is 16.5. The number of hydrogen-bond acceptors (Lipinski definition) is 3. The van der Waals surface area contributed by atoms with Gasteiger partial charge in [-0.05, 0) is 57.5 Å². The highest BCUT2D eigenvalue weighted by molar-refractivity contribution is 5.47. The van der Waals surface area contributed by atoms with E-state index in [1.54, 1.807) is 7.11 Å². The van der Waals surface area contributed by atoms with Crippen LogP contribution in [0.4, 0.5) is 0 Å². The van der Waals surface area contributed by atoms with Crippen LogP contribution >= 0.6 is 0 Å². The van der Waals surface area contributed by atoms with E-state index in [0.29, 0.717) is 0 Å². The van der Waals surface area contributed by atoms with Crippen LogP contribution in [0.25, 0.3) is 0 Å². The SMILES string of the molecule is CNC(c1cc(C)c(OC)cc1C)c1c(C)nn(C)c1C. The van der Waals surface area contributed by atoms with Crippen molar-refractivity contribution in [3.63, 3.8) is 0 Å². The molecule has 21 heavy (non-hydrogen) atoms. The molecule has 4 heteroatoms. The van der Waals surface area contributed by atoms with E-state index in [4.69, 9.17) is 4.74 Å². The molecule has 1 N–H and O–H groups in total. The second kappa shape index (κ2) is 5.90. The van der Waals surface area contributed by atoms with Gasteiger partial charge in [-0.25, -0.2) is 0 Å². The summed E-state index contributed by atoms with van der Waals surface area (Å²) in [6, 6.07) is 4.46. The molecule has 0 aliphatic heterocycles. The third kappa shape index (κ3) is 2.68. The van der Waals surface area contributed by atoms with Gasteiger partial charge in [-0.15, -0.1) is 0 Å². The van der Waals surface area contributed by atoms with E-state index >= 15 is 0 Å². The molecule has 1 heterocycles. The summed E-state index contributed by atoms with van der Waals surface area (Å²) in [6.45, 7) is 8.39. The highest BCUT2D eigenvalue weighted by Crippen LogP contribution is 2.32. The van der Waals surface area contributed by atoms with E-state index < -0.39 is 0 Å². The number of aromatic nitrogens is 2. The molecule has 4 nitrogen and oxygen atoms in total. The summed E-state index contributed by atoms with van der Waals surface area (Å²) in [5.74, 6) is 0.936. The van der Waals surface area contributed by atoms with Gasteiger partial charge in [0.05, 0.1) is 18.8 Å². The van der Waals surface area contributed by atoms with Gasteiger partial charge < -0.3 is 10.1 Å². The first kappa shape index (κ1) is 15.6. The fourth-order valence-corrected chi connectivity index (χ4v) is 3.01. The molecule has 0 aliphatic rings. The maximum atomic E-state index is 5.41. The number of hydrogen-bond donors (Lipinski definition) is 1. The van der Waals surface area contributed by atoms with Crippen LogP contribution in [0, 0.1) is 27.7 Å². The van der Waals surface area contributed by atoms with Gasteiger partial charge in [0.15, 0.2) is 0 Å². The van der Waals surface area contributed by atoms with Crippen molar-refractivity contribution in [3.05, 3.63) is 45.8 Å². The van der Waals surface area contributed by atoms with Gasteiger partial charge >= 0.3 is 0 Å². The van der Waals surface area contributed by atoms with Crippen molar-refractivity contribution in [1.29, 1.82) is 0 Å². The average Bonchev–Trinajstić information content (AvgIpc) is 2.69. The summed E-state index contributed by atoms with van der Waals surface area (Å²) < 4.78 is 7.36. The Labute approximate surface area is 127 Å². The van der Waals surface area contributed by atoms with E-state index in [1.807, 2.05) is 18.8 Å². The molecule has 0 radical (unpaired) electrons. The van der Waals surface area contributed by atoms with E-state index in [1.165, 1.54) is 22.4 Å². The molecule has 114 valence electrons. The van der Waals surface area contributed by atoms with Crippen molar-refractivity contribution < 1.29 is 4.74 Å². The molecule has 2 aromatic rings. The fraction of sp³-hybridized carbons (Fsp3) is 0.471. The van der Waals surface area contributed by atoms with Crippen LogP contribution in [0.5, 0.6) is 5.75 Å². The lowest BCUT2D eigenvalue weighted by Gasteiger charge is -2.21. The third-order valence-corrected chi connectivity index (χ3v) is 4.24. The summed E-state index contributed by atoms with van der Waals surface area (Å²) in [5.41, 5.74) is 7.17. The van der Waals surface area contributed by atoms with Crippen molar-refractivity contribution in [2.24, 2.45) is 7.05 Å². The number of aryl methyl sites for hydroxylation is 4. The van der Waals surface area contributed by atoms with Crippen LogP contribution in [0.1, 0.15) is 39.7 Å². The summed E-state index contributed by atoms with van der Waals surface area (Å²) in [4.78, 5) is 0. The Kier molecular flexibility index (Phi) is 4.37. The molecule has 0 saturated carbocycles. The van der Waals surface area contributed by atoms with Gasteiger partial charge in [-0.1, -0.05) is 6.07 Å². The average molecular weight is 287 g/mol.